The molecule has 7 nitrogen and oxygen atoms in total. The lowest BCUT2D eigenvalue weighted by molar-refractivity contribution is 0.391. The van der Waals surface area contributed by atoms with E-state index in [1.165, 1.54) is 0 Å². The van der Waals surface area contributed by atoms with Gasteiger partial charge in [0.25, 0.3) is 0 Å². The Hall–Kier alpha value is -3.79. The lowest BCUT2D eigenvalue weighted by Gasteiger charge is -2.14. The van der Waals surface area contributed by atoms with Gasteiger partial charge in [0.15, 0.2) is 5.69 Å². The van der Waals surface area contributed by atoms with E-state index in [4.69, 9.17) is 9.47 Å². The predicted molar refractivity (Wildman–Crippen MR) is 113 cm³/mol. The normalized spacial score (nSPS) is 10.2. The highest BCUT2D eigenvalue weighted by molar-refractivity contribution is 5.67. The number of aromatic nitrogens is 2. The largest absolute Gasteiger partial charge is 0.497 e. The number of methoxy groups -OCH3 is 2. The van der Waals surface area contributed by atoms with Gasteiger partial charge in [0.05, 0.1) is 31.8 Å². The molecule has 2 heterocycles. The molecule has 3 aromatic rings. The molecule has 2 aromatic heterocycles. The zero-order chi connectivity index (χ0) is 20.8. The van der Waals surface area contributed by atoms with E-state index in [1.807, 2.05) is 50.2 Å². The Balaban J connectivity index is 1.81. The number of aryl methyl sites for hydroxylation is 2. The molecule has 0 spiro atoms. The van der Waals surface area contributed by atoms with Crippen LogP contribution in [0.15, 0.2) is 42.6 Å². The van der Waals surface area contributed by atoms with E-state index in [0.717, 1.165) is 34.0 Å². The highest BCUT2D eigenvalue weighted by atomic mass is 16.5. The van der Waals surface area contributed by atoms with Crippen molar-refractivity contribution in [1.82, 2.24) is 9.97 Å². The number of nitriles is 1. The second-order valence-corrected chi connectivity index (χ2v) is 6.56. The number of hydrogen-bond acceptors (Lipinski definition) is 7. The van der Waals surface area contributed by atoms with Gasteiger partial charge >= 0.3 is 0 Å². The smallest absolute Gasteiger partial charge is 0.164 e. The summed E-state index contributed by atoms with van der Waals surface area (Å²) in [4.78, 5) is 8.73. The summed E-state index contributed by atoms with van der Waals surface area (Å²) in [6.07, 6.45) is 1.63. The van der Waals surface area contributed by atoms with Gasteiger partial charge < -0.3 is 20.1 Å². The van der Waals surface area contributed by atoms with Crippen LogP contribution in [0.4, 0.5) is 17.2 Å². The molecule has 0 unspecified atom stereocenters. The summed E-state index contributed by atoms with van der Waals surface area (Å²) in [5, 5.41) is 15.9. The minimum atomic E-state index is 0.304. The molecule has 0 aliphatic carbocycles. The van der Waals surface area contributed by atoms with Gasteiger partial charge in [-0.05, 0) is 49.7 Å². The Bertz CT molecular complexity index is 1040. The summed E-state index contributed by atoms with van der Waals surface area (Å²) in [6, 6.07) is 13.6. The summed E-state index contributed by atoms with van der Waals surface area (Å²) < 4.78 is 10.7. The molecule has 0 fully saturated rings. The zero-order valence-corrected chi connectivity index (χ0v) is 16.9. The van der Waals surface area contributed by atoms with E-state index in [1.54, 1.807) is 20.4 Å². The molecular formula is C22H23N5O2. The standard InChI is InChI=1S/C22H23N5O2/c1-14-7-15(2)26-22(8-14)27-19-9-17(13-25-20(19)11-23)24-12-16-5-6-18(28-3)10-21(16)29-4/h5-10,13,24H,12H2,1-4H3,(H,26,27). The van der Waals surface area contributed by atoms with Gasteiger partial charge in [0.1, 0.15) is 23.4 Å². The van der Waals surface area contributed by atoms with E-state index in [2.05, 4.69) is 26.7 Å². The monoisotopic (exact) mass is 389 g/mol. The van der Waals surface area contributed by atoms with Gasteiger partial charge in [-0.15, -0.1) is 0 Å². The molecule has 2 N–H and O–H groups in total. The van der Waals surface area contributed by atoms with E-state index < -0.39 is 0 Å². The van der Waals surface area contributed by atoms with Crippen molar-refractivity contribution < 1.29 is 9.47 Å². The van der Waals surface area contributed by atoms with Crippen molar-refractivity contribution in [3.63, 3.8) is 0 Å². The van der Waals surface area contributed by atoms with E-state index in [-0.39, 0.29) is 0 Å². The maximum Gasteiger partial charge on any atom is 0.164 e. The maximum absolute atomic E-state index is 9.40. The topological polar surface area (TPSA) is 92.1 Å². The summed E-state index contributed by atoms with van der Waals surface area (Å²) in [7, 11) is 3.24. The van der Waals surface area contributed by atoms with Crippen LogP contribution >= 0.6 is 0 Å². The van der Waals surface area contributed by atoms with Crippen LogP contribution in [0.3, 0.4) is 0 Å². The molecule has 0 saturated carbocycles. The van der Waals surface area contributed by atoms with E-state index in [9.17, 15) is 5.26 Å². The molecule has 0 aliphatic heterocycles. The maximum atomic E-state index is 9.40. The van der Waals surface area contributed by atoms with Crippen molar-refractivity contribution in [2.24, 2.45) is 0 Å². The van der Waals surface area contributed by atoms with Crippen molar-refractivity contribution in [1.29, 1.82) is 5.26 Å². The SMILES string of the molecule is COc1ccc(CNc2cnc(C#N)c(Nc3cc(C)cc(C)n3)c2)c(OC)c1. The third-order valence-electron chi connectivity index (χ3n) is 4.33. The average molecular weight is 389 g/mol. The van der Waals surface area contributed by atoms with Crippen LogP contribution in [0.1, 0.15) is 22.5 Å². The fourth-order valence-electron chi connectivity index (χ4n) is 2.98. The quantitative estimate of drug-likeness (QED) is 0.621. The van der Waals surface area contributed by atoms with Crippen molar-refractivity contribution >= 4 is 17.2 Å². The van der Waals surface area contributed by atoms with Crippen LogP contribution in [-0.2, 0) is 6.54 Å². The molecule has 0 amide bonds. The highest BCUT2D eigenvalue weighted by Crippen LogP contribution is 2.27. The number of pyridine rings is 2. The van der Waals surface area contributed by atoms with E-state index in [0.29, 0.717) is 23.7 Å². The fourth-order valence-corrected chi connectivity index (χ4v) is 2.98. The molecule has 1 aromatic carbocycles. The van der Waals surface area contributed by atoms with Gasteiger partial charge in [-0.1, -0.05) is 0 Å². The molecule has 3 rings (SSSR count). The lowest BCUT2D eigenvalue weighted by atomic mass is 10.2. The predicted octanol–water partition coefficient (Wildman–Crippen LogP) is 4.34. The molecule has 7 heteroatoms. The number of hydrogen-bond donors (Lipinski definition) is 2. The molecule has 29 heavy (non-hydrogen) atoms. The first kappa shape index (κ1) is 20.0. The number of anilines is 3. The molecule has 0 aliphatic rings. The van der Waals surface area contributed by atoms with Gasteiger partial charge in [-0.3, -0.25) is 0 Å². The lowest BCUT2D eigenvalue weighted by Crippen LogP contribution is -2.05. The van der Waals surface area contributed by atoms with Crippen molar-refractivity contribution in [2.45, 2.75) is 20.4 Å². The minimum absolute atomic E-state index is 0.304. The third kappa shape index (κ3) is 4.93. The van der Waals surface area contributed by atoms with Gasteiger partial charge in [0, 0.05) is 23.9 Å². The van der Waals surface area contributed by atoms with Gasteiger partial charge in [-0.2, -0.15) is 5.26 Å². The first-order chi connectivity index (χ1) is 14.0. The molecular weight excluding hydrogens is 366 g/mol. The molecule has 148 valence electrons. The minimum Gasteiger partial charge on any atom is -0.497 e. The Morgan fingerprint density at radius 1 is 1.07 bits per heavy atom. The van der Waals surface area contributed by atoms with Crippen molar-refractivity contribution in [2.75, 3.05) is 24.9 Å². The zero-order valence-electron chi connectivity index (χ0n) is 16.9. The number of nitrogens with one attached hydrogen (secondary N) is 2. The Labute approximate surface area is 170 Å². The summed E-state index contributed by atoms with van der Waals surface area (Å²) >= 11 is 0. The first-order valence-electron chi connectivity index (χ1n) is 9.09. The van der Waals surface area contributed by atoms with Crippen LogP contribution in [0.25, 0.3) is 0 Å². The first-order valence-corrected chi connectivity index (χ1v) is 9.09. The fraction of sp³-hybridized carbons (Fsp3) is 0.227. The van der Waals surface area contributed by atoms with Crippen LogP contribution in [0.2, 0.25) is 0 Å². The molecule has 0 atom stereocenters. The molecule has 0 saturated heterocycles. The van der Waals surface area contributed by atoms with Crippen LogP contribution < -0.4 is 20.1 Å². The second-order valence-electron chi connectivity index (χ2n) is 6.56. The van der Waals surface area contributed by atoms with Crippen LogP contribution in [-0.4, -0.2) is 24.2 Å². The van der Waals surface area contributed by atoms with Gasteiger partial charge in [-0.25, -0.2) is 9.97 Å². The summed E-state index contributed by atoms with van der Waals surface area (Å²) in [5.74, 6) is 2.14. The second kappa shape index (κ2) is 8.93. The van der Waals surface area contributed by atoms with Crippen molar-refractivity contribution in [3.05, 3.63) is 65.1 Å². The number of ether oxygens (including phenoxy) is 2. The number of nitrogens with zero attached hydrogens (tertiary/aromatic N) is 3. The van der Waals surface area contributed by atoms with Gasteiger partial charge in [0.2, 0.25) is 0 Å². The summed E-state index contributed by atoms with van der Waals surface area (Å²) in [6.45, 7) is 4.47. The Morgan fingerprint density at radius 3 is 2.59 bits per heavy atom. The van der Waals surface area contributed by atoms with Crippen molar-refractivity contribution in [3.8, 4) is 17.6 Å². The summed E-state index contributed by atoms with van der Waals surface area (Å²) in [5.41, 5.74) is 4.64. The Kier molecular flexibility index (Phi) is 6.15. The third-order valence-corrected chi connectivity index (χ3v) is 4.33. The molecule has 0 radical (unpaired) electrons. The Morgan fingerprint density at radius 2 is 1.90 bits per heavy atom. The molecule has 0 bridgehead atoms. The van der Waals surface area contributed by atoms with Crippen LogP contribution in [0, 0.1) is 25.2 Å². The number of benzene rings is 1. The van der Waals surface area contributed by atoms with E-state index >= 15 is 0 Å². The average Bonchev–Trinajstić information content (AvgIpc) is 2.71. The van der Waals surface area contributed by atoms with Crippen LogP contribution in [0.5, 0.6) is 11.5 Å². The number of rotatable bonds is 7. The highest BCUT2D eigenvalue weighted by Gasteiger charge is 2.09.